The van der Waals surface area contributed by atoms with Crippen LogP contribution in [0.5, 0.6) is 0 Å². The van der Waals surface area contributed by atoms with Crippen molar-refractivity contribution in [2.75, 3.05) is 18.1 Å². The van der Waals surface area contributed by atoms with E-state index in [2.05, 4.69) is 0 Å². The summed E-state index contributed by atoms with van der Waals surface area (Å²) < 4.78 is 5.52. The lowest BCUT2D eigenvalue weighted by atomic mass is 9.75. The number of anilines is 2. The van der Waals surface area contributed by atoms with Gasteiger partial charge in [-0.3, -0.25) is 14.5 Å². The number of hydrogen-bond donors (Lipinski definition) is 1. The molecule has 0 radical (unpaired) electrons. The quantitative estimate of drug-likeness (QED) is 0.805. The maximum atomic E-state index is 13.6. The van der Waals surface area contributed by atoms with Crippen LogP contribution in [0.4, 0.5) is 11.4 Å². The number of aryl methyl sites for hydroxylation is 1. The molecule has 146 valence electrons. The summed E-state index contributed by atoms with van der Waals surface area (Å²) in [6.45, 7) is 1.13. The number of carboxylic acids is 1. The third-order valence-corrected chi connectivity index (χ3v) is 6.04. The van der Waals surface area contributed by atoms with Crippen molar-refractivity contribution in [1.82, 2.24) is 0 Å². The third-order valence-electron chi connectivity index (χ3n) is 5.74. The molecule has 2 aliphatic heterocycles. The average Bonchev–Trinajstić information content (AvgIpc) is 2.93. The zero-order valence-corrected chi connectivity index (χ0v) is 16.2. The highest BCUT2D eigenvalue weighted by molar-refractivity contribution is 6.35. The summed E-state index contributed by atoms with van der Waals surface area (Å²) in [7, 11) is 0. The molecule has 4 rings (SSSR count). The number of hydrogen-bond acceptors (Lipinski definition) is 3. The van der Waals surface area contributed by atoms with Crippen molar-refractivity contribution in [3.63, 3.8) is 0 Å². The highest BCUT2D eigenvalue weighted by Crippen LogP contribution is 2.52. The van der Waals surface area contributed by atoms with E-state index in [9.17, 15) is 9.59 Å². The van der Waals surface area contributed by atoms with Crippen LogP contribution >= 0.6 is 11.6 Å². The van der Waals surface area contributed by atoms with Gasteiger partial charge in [0.2, 0.25) is 5.91 Å². The number of carbonyl (C=O) groups is 2. The van der Waals surface area contributed by atoms with Gasteiger partial charge in [-0.1, -0.05) is 35.9 Å². The van der Waals surface area contributed by atoms with Crippen molar-refractivity contribution in [2.45, 2.75) is 37.5 Å². The van der Waals surface area contributed by atoms with E-state index < -0.39 is 11.4 Å². The Morgan fingerprint density at radius 3 is 2.54 bits per heavy atom. The van der Waals surface area contributed by atoms with Crippen LogP contribution < -0.4 is 4.90 Å². The lowest BCUT2D eigenvalue weighted by Gasteiger charge is -2.32. The molecule has 0 aliphatic carbocycles. The smallest absolute Gasteiger partial charge is 0.303 e. The van der Waals surface area contributed by atoms with E-state index in [1.54, 1.807) is 4.90 Å². The van der Waals surface area contributed by atoms with Gasteiger partial charge in [0.25, 0.3) is 0 Å². The molecule has 1 N–H and O–H groups in total. The van der Waals surface area contributed by atoms with Gasteiger partial charge in [-0.05, 0) is 55.0 Å². The summed E-state index contributed by atoms with van der Waals surface area (Å²) in [4.78, 5) is 26.0. The molecule has 0 aromatic heterocycles. The topological polar surface area (TPSA) is 66.8 Å². The summed E-state index contributed by atoms with van der Waals surface area (Å²) in [5.41, 5.74) is 3.02. The molecule has 1 fully saturated rings. The number of amides is 1. The molecule has 2 heterocycles. The molecule has 1 spiro atoms. The molecule has 2 aromatic rings. The Kier molecular flexibility index (Phi) is 5.13. The van der Waals surface area contributed by atoms with Gasteiger partial charge in [0.1, 0.15) is 0 Å². The van der Waals surface area contributed by atoms with E-state index in [0.29, 0.717) is 43.9 Å². The number of fused-ring (bicyclic) bond motifs is 2. The van der Waals surface area contributed by atoms with Crippen LogP contribution in [-0.2, 0) is 26.2 Å². The first-order valence-electron chi connectivity index (χ1n) is 9.55. The lowest BCUT2D eigenvalue weighted by molar-refractivity contribution is -0.137. The second-order valence-corrected chi connectivity index (χ2v) is 7.79. The van der Waals surface area contributed by atoms with Gasteiger partial charge in [0, 0.05) is 25.3 Å². The standard InChI is InChI=1S/C22H22ClNO4/c23-18-5-2-4-17-20(18)24(21(27)22(17)11-13-28-14-12-22)16-9-7-15(8-10-16)3-1-6-19(25)26/h2,4-5,7-10H,1,3,6,11-14H2,(H,25,26). The van der Waals surface area contributed by atoms with E-state index in [1.165, 1.54) is 0 Å². The molecule has 0 saturated carbocycles. The molecule has 0 unspecified atom stereocenters. The zero-order chi connectivity index (χ0) is 19.7. The van der Waals surface area contributed by atoms with Crippen LogP contribution in [0.2, 0.25) is 5.02 Å². The number of benzene rings is 2. The molecule has 1 amide bonds. The van der Waals surface area contributed by atoms with Crippen LogP contribution in [-0.4, -0.2) is 30.2 Å². The molecule has 1 saturated heterocycles. The van der Waals surface area contributed by atoms with Crippen molar-refractivity contribution in [2.24, 2.45) is 0 Å². The van der Waals surface area contributed by atoms with Gasteiger partial charge in [0.05, 0.1) is 16.1 Å². The second kappa shape index (κ2) is 7.57. The molecule has 2 aliphatic rings. The molecular formula is C22H22ClNO4. The van der Waals surface area contributed by atoms with Crippen LogP contribution in [0, 0.1) is 0 Å². The number of ether oxygens (including phenoxy) is 1. The number of rotatable bonds is 5. The van der Waals surface area contributed by atoms with E-state index in [1.807, 2.05) is 42.5 Å². The number of carboxylic acid groups (broad SMARTS) is 1. The number of carbonyl (C=O) groups excluding carboxylic acids is 1. The first-order chi connectivity index (χ1) is 13.5. The Balaban J connectivity index is 1.66. The number of halogens is 1. The first-order valence-corrected chi connectivity index (χ1v) is 9.93. The summed E-state index contributed by atoms with van der Waals surface area (Å²) in [6.07, 6.45) is 2.75. The van der Waals surface area contributed by atoms with Crippen molar-refractivity contribution < 1.29 is 19.4 Å². The highest BCUT2D eigenvalue weighted by Gasteiger charge is 2.52. The SMILES string of the molecule is O=C(O)CCCc1ccc(N2C(=O)C3(CCOCC3)c3cccc(Cl)c32)cc1. The highest BCUT2D eigenvalue weighted by atomic mass is 35.5. The summed E-state index contributed by atoms with van der Waals surface area (Å²) >= 11 is 6.53. The Bertz CT molecular complexity index is 903. The number of para-hydroxylation sites is 1. The molecule has 0 atom stereocenters. The summed E-state index contributed by atoms with van der Waals surface area (Å²) in [6, 6.07) is 13.5. The van der Waals surface area contributed by atoms with Crippen LogP contribution in [0.15, 0.2) is 42.5 Å². The first kappa shape index (κ1) is 19.0. The molecule has 28 heavy (non-hydrogen) atoms. The van der Waals surface area contributed by atoms with E-state index in [0.717, 1.165) is 22.5 Å². The Morgan fingerprint density at radius 1 is 1.14 bits per heavy atom. The molecule has 5 nitrogen and oxygen atoms in total. The normalized spacial score (nSPS) is 17.8. The van der Waals surface area contributed by atoms with Gasteiger partial charge in [-0.15, -0.1) is 0 Å². The van der Waals surface area contributed by atoms with Gasteiger partial charge in [0.15, 0.2) is 0 Å². The fourth-order valence-electron chi connectivity index (χ4n) is 4.26. The lowest BCUT2D eigenvalue weighted by Crippen LogP contribution is -2.42. The minimum Gasteiger partial charge on any atom is -0.481 e. The maximum Gasteiger partial charge on any atom is 0.303 e. The Morgan fingerprint density at radius 2 is 1.86 bits per heavy atom. The Labute approximate surface area is 168 Å². The minimum atomic E-state index is -0.785. The number of nitrogens with zero attached hydrogens (tertiary/aromatic N) is 1. The van der Waals surface area contributed by atoms with Crippen molar-refractivity contribution in [3.8, 4) is 0 Å². The van der Waals surface area contributed by atoms with Crippen LogP contribution in [0.1, 0.15) is 36.8 Å². The average molecular weight is 400 g/mol. The van der Waals surface area contributed by atoms with E-state index in [-0.39, 0.29) is 12.3 Å². The molecule has 2 aromatic carbocycles. The molecule has 6 heteroatoms. The summed E-state index contributed by atoms with van der Waals surface area (Å²) in [5.74, 6) is -0.732. The minimum absolute atomic E-state index is 0.0533. The predicted molar refractivity (Wildman–Crippen MR) is 107 cm³/mol. The van der Waals surface area contributed by atoms with Crippen molar-refractivity contribution in [3.05, 3.63) is 58.6 Å². The zero-order valence-electron chi connectivity index (χ0n) is 15.5. The van der Waals surface area contributed by atoms with E-state index >= 15 is 0 Å². The van der Waals surface area contributed by atoms with Gasteiger partial charge in [-0.25, -0.2) is 0 Å². The van der Waals surface area contributed by atoms with Gasteiger partial charge >= 0.3 is 5.97 Å². The maximum absolute atomic E-state index is 13.6. The van der Waals surface area contributed by atoms with Gasteiger partial charge < -0.3 is 9.84 Å². The molecule has 0 bridgehead atoms. The molecular weight excluding hydrogens is 378 g/mol. The number of aliphatic carboxylic acids is 1. The van der Waals surface area contributed by atoms with E-state index in [4.69, 9.17) is 21.4 Å². The third kappa shape index (κ3) is 3.19. The summed E-state index contributed by atoms with van der Waals surface area (Å²) in [5, 5.41) is 9.35. The largest absolute Gasteiger partial charge is 0.481 e. The van der Waals surface area contributed by atoms with Crippen LogP contribution in [0.25, 0.3) is 0 Å². The fraction of sp³-hybridized carbons (Fsp3) is 0.364. The monoisotopic (exact) mass is 399 g/mol. The van der Waals surface area contributed by atoms with Crippen molar-refractivity contribution in [1.29, 1.82) is 0 Å². The van der Waals surface area contributed by atoms with Gasteiger partial charge in [-0.2, -0.15) is 0 Å². The predicted octanol–water partition coefficient (Wildman–Crippen LogP) is 4.47. The van der Waals surface area contributed by atoms with Crippen molar-refractivity contribution >= 4 is 34.9 Å². The van der Waals surface area contributed by atoms with Crippen LogP contribution in [0.3, 0.4) is 0 Å². The fourth-order valence-corrected chi connectivity index (χ4v) is 4.52. The second-order valence-electron chi connectivity index (χ2n) is 7.38. The Hall–Kier alpha value is -2.37.